The van der Waals surface area contributed by atoms with E-state index in [4.69, 9.17) is 0 Å². The summed E-state index contributed by atoms with van der Waals surface area (Å²) < 4.78 is 14.9. The van der Waals surface area contributed by atoms with Gasteiger partial charge >= 0.3 is 0 Å². The van der Waals surface area contributed by atoms with E-state index >= 15 is 0 Å². The van der Waals surface area contributed by atoms with Crippen LogP contribution in [0.25, 0.3) is 0 Å². The first-order chi connectivity index (χ1) is 14.1. The Morgan fingerprint density at radius 1 is 1.23 bits per heavy atom. The maximum Gasteiger partial charge on any atom is 0.223 e. The van der Waals surface area contributed by atoms with Crippen LogP contribution in [0.5, 0.6) is 0 Å². The Balaban J connectivity index is 1.43. The molecule has 2 aromatic rings. The second-order valence-corrected chi connectivity index (χ2v) is 9.54. The van der Waals surface area contributed by atoms with Crippen LogP contribution < -0.4 is 5.32 Å². The Kier molecular flexibility index (Phi) is 5.16. The molecule has 1 aliphatic heterocycles. The van der Waals surface area contributed by atoms with Gasteiger partial charge in [-0.25, -0.2) is 4.39 Å². The average molecular weight is 413 g/mol. The van der Waals surface area contributed by atoms with Gasteiger partial charge in [0.05, 0.1) is 12.2 Å². The van der Waals surface area contributed by atoms with Gasteiger partial charge in [-0.3, -0.25) is 14.3 Å². The molecule has 1 saturated heterocycles. The molecule has 0 unspecified atom stereocenters. The Hall–Kier alpha value is -2.70. The molecule has 0 spiro atoms. The Morgan fingerprint density at radius 2 is 1.93 bits per heavy atom. The third kappa shape index (κ3) is 3.98. The van der Waals surface area contributed by atoms with Crippen molar-refractivity contribution in [2.24, 2.45) is 18.9 Å². The molecule has 2 aliphatic rings. The summed E-state index contributed by atoms with van der Waals surface area (Å²) in [7, 11) is 1.86. The lowest BCUT2D eigenvalue weighted by Gasteiger charge is -2.38. The number of rotatable bonds is 5. The van der Waals surface area contributed by atoms with Crippen LogP contribution in [0.2, 0.25) is 0 Å². The lowest BCUT2D eigenvalue weighted by molar-refractivity contribution is -0.133. The number of carbonyl (C=O) groups excluding carboxylic acids is 2. The van der Waals surface area contributed by atoms with Crippen molar-refractivity contribution in [2.75, 3.05) is 6.54 Å². The molecule has 1 N–H and O–H groups in total. The molecule has 2 heterocycles. The summed E-state index contributed by atoms with van der Waals surface area (Å²) in [6.45, 7) is 6.55. The van der Waals surface area contributed by atoms with Gasteiger partial charge in [0.2, 0.25) is 11.8 Å². The normalized spacial score (nSPS) is 26.2. The van der Waals surface area contributed by atoms with Crippen molar-refractivity contribution in [2.45, 2.75) is 51.1 Å². The first kappa shape index (κ1) is 20.6. The smallest absolute Gasteiger partial charge is 0.223 e. The standard InChI is InChI=1S/C23H29FN4O2/c1-23(2,3)28-20(29)9-15(21(28)16-12-26-27(4)13-16)11-25-22(30)19-10-18(19)14-5-7-17(24)8-6-14/h5-8,12-13,15,18-19,21H,9-11H2,1-4H3,(H,25,30)/t15-,18+,19-,21+/m0/s1. The number of benzene rings is 1. The van der Waals surface area contributed by atoms with Gasteiger partial charge in [-0.2, -0.15) is 5.10 Å². The molecule has 7 heteroatoms. The van der Waals surface area contributed by atoms with E-state index in [1.165, 1.54) is 12.1 Å². The van der Waals surface area contributed by atoms with Crippen LogP contribution in [0.3, 0.4) is 0 Å². The van der Waals surface area contributed by atoms with Gasteiger partial charge in [-0.1, -0.05) is 12.1 Å². The molecular formula is C23H29FN4O2. The number of hydrogen-bond donors (Lipinski definition) is 1. The van der Waals surface area contributed by atoms with E-state index in [1.807, 2.05) is 45.1 Å². The minimum atomic E-state index is -0.319. The number of nitrogens with zero attached hydrogens (tertiary/aromatic N) is 3. The first-order valence-corrected chi connectivity index (χ1v) is 10.5. The maximum absolute atomic E-state index is 13.1. The van der Waals surface area contributed by atoms with E-state index in [1.54, 1.807) is 16.8 Å². The van der Waals surface area contributed by atoms with E-state index in [9.17, 15) is 14.0 Å². The zero-order chi connectivity index (χ0) is 21.6. The molecule has 4 rings (SSSR count). The predicted octanol–water partition coefficient (Wildman–Crippen LogP) is 3.17. The molecule has 6 nitrogen and oxygen atoms in total. The molecule has 0 bridgehead atoms. The van der Waals surface area contributed by atoms with E-state index < -0.39 is 0 Å². The Morgan fingerprint density at radius 3 is 2.53 bits per heavy atom. The van der Waals surface area contributed by atoms with Crippen molar-refractivity contribution in [3.05, 3.63) is 53.6 Å². The highest BCUT2D eigenvalue weighted by atomic mass is 19.1. The van der Waals surface area contributed by atoms with Gasteiger partial charge < -0.3 is 10.2 Å². The largest absolute Gasteiger partial charge is 0.355 e. The number of aromatic nitrogens is 2. The van der Waals surface area contributed by atoms with Crippen LogP contribution in [0.15, 0.2) is 36.7 Å². The van der Waals surface area contributed by atoms with Crippen molar-refractivity contribution >= 4 is 11.8 Å². The Labute approximate surface area is 176 Å². The molecule has 160 valence electrons. The molecule has 0 radical (unpaired) electrons. The molecule has 1 saturated carbocycles. The van der Waals surface area contributed by atoms with Gasteiger partial charge in [0.1, 0.15) is 5.82 Å². The number of likely N-dealkylation sites (tertiary alicyclic amines) is 1. The fourth-order valence-corrected chi connectivity index (χ4v) is 4.72. The van der Waals surface area contributed by atoms with E-state index in [-0.39, 0.29) is 47.0 Å². The zero-order valence-corrected chi connectivity index (χ0v) is 17.9. The summed E-state index contributed by atoms with van der Waals surface area (Å²) in [4.78, 5) is 27.5. The molecule has 2 amide bonds. The van der Waals surface area contributed by atoms with Gasteiger partial charge in [-0.15, -0.1) is 0 Å². The van der Waals surface area contributed by atoms with Crippen LogP contribution in [0, 0.1) is 17.7 Å². The summed E-state index contributed by atoms with van der Waals surface area (Å²) in [5.41, 5.74) is 1.67. The van der Waals surface area contributed by atoms with Crippen LogP contribution in [0.1, 0.15) is 56.7 Å². The SMILES string of the molecule is Cn1cc([C@H]2[C@H](CNC(=O)[C@H]3C[C@@H]3c3ccc(F)cc3)CC(=O)N2C(C)(C)C)cn1. The highest BCUT2D eigenvalue weighted by molar-refractivity contribution is 5.83. The number of aryl methyl sites for hydroxylation is 1. The summed E-state index contributed by atoms with van der Waals surface area (Å²) in [5, 5.41) is 7.36. The monoisotopic (exact) mass is 412 g/mol. The van der Waals surface area contributed by atoms with Gasteiger partial charge in [0, 0.05) is 49.1 Å². The van der Waals surface area contributed by atoms with Gasteiger partial charge in [-0.05, 0) is 50.8 Å². The molecule has 1 aromatic heterocycles. The minimum Gasteiger partial charge on any atom is -0.355 e. The highest BCUT2D eigenvalue weighted by Crippen LogP contribution is 2.48. The van der Waals surface area contributed by atoms with Gasteiger partial charge in [0.15, 0.2) is 0 Å². The van der Waals surface area contributed by atoms with Crippen LogP contribution in [-0.2, 0) is 16.6 Å². The summed E-state index contributed by atoms with van der Waals surface area (Å²) in [6, 6.07) is 6.27. The molecule has 2 fully saturated rings. The predicted molar refractivity (Wildman–Crippen MR) is 111 cm³/mol. The fourth-order valence-electron chi connectivity index (χ4n) is 4.72. The number of nitrogens with one attached hydrogen (secondary N) is 1. The summed E-state index contributed by atoms with van der Waals surface area (Å²) in [5.74, 6) is -0.0923. The maximum atomic E-state index is 13.1. The van der Waals surface area contributed by atoms with Gasteiger partial charge in [0.25, 0.3) is 0 Å². The van der Waals surface area contributed by atoms with E-state index in [0.29, 0.717) is 13.0 Å². The number of halogens is 1. The van der Waals surface area contributed by atoms with Crippen LogP contribution >= 0.6 is 0 Å². The molecule has 1 aromatic carbocycles. The van der Waals surface area contributed by atoms with Crippen molar-refractivity contribution in [1.82, 2.24) is 20.0 Å². The molecule has 4 atom stereocenters. The second kappa shape index (κ2) is 7.52. The highest BCUT2D eigenvalue weighted by Gasteiger charge is 2.47. The average Bonchev–Trinajstić information content (AvgIpc) is 3.23. The Bertz CT molecular complexity index is 947. The van der Waals surface area contributed by atoms with Crippen LogP contribution in [-0.4, -0.2) is 38.6 Å². The van der Waals surface area contributed by atoms with E-state index in [2.05, 4.69) is 10.4 Å². The van der Waals surface area contributed by atoms with Crippen LogP contribution in [0.4, 0.5) is 4.39 Å². The lowest BCUT2D eigenvalue weighted by atomic mass is 9.93. The second-order valence-electron chi connectivity index (χ2n) is 9.54. The van der Waals surface area contributed by atoms with Crippen molar-refractivity contribution in [3.8, 4) is 0 Å². The van der Waals surface area contributed by atoms with Crippen molar-refractivity contribution < 1.29 is 14.0 Å². The summed E-state index contributed by atoms with van der Waals surface area (Å²) >= 11 is 0. The van der Waals surface area contributed by atoms with E-state index in [0.717, 1.165) is 17.5 Å². The van der Waals surface area contributed by atoms with Crippen molar-refractivity contribution in [3.63, 3.8) is 0 Å². The number of carbonyl (C=O) groups is 2. The molecule has 30 heavy (non-hydrogen) atoms. The van der Waals surface area contributed by atoms with Crippen molar-refractivity contribution in [1.29, 1.82) is 0 Å². The third-order valence-electron chi connectivity index (χ3n) is 6.18. The lowest BCUT2D eigenvalue weighted by Crippen LogP contribution is -2.44. The molecule has 1 aliphatic carbocycles. The summed E-state index contributed by atoms with van der Waals surface area (Å²) in [6.07, 6.45) is 4.94. The number of hydrogen-bond acceptors (Lipinski definition) is 3. The topological polar surface area (TPSA) is 67.2 Å². The fraction of sp³-hybridized carbons (Fsp3) is 0.522. The first-order valence-electron chi connectivity index (χ1n) is 10.5. The minimum absolute atomic E-state index is 0.00658. The quantitative estimate of drug-likeness (QED) is 0.820. The number of amides is 2. The zero-order valence-electron chi connectivity index (χ0n) is 17.9. The third-order valence-corrected chi connectivity index (χ3v) is 6.18. The molecular weight excluding hydrogens is 383 g/mol.